The predicted molar refractivity (Wildman–Crippen MR) is 177 cm³/mol. The molecule has 0 heterocycles. The fourth-order valence-electron chi connectivity index (χ4n) is 5.62. The quantitative estimate of drug-likeness (QED) is 0.154. The van der Waals surface area contributed by atoms with Crippen LogP contribution in [-0.4, -0.2) is 0 Å². The largest absolute Gasteiger partial charge is 0.0622 e. The van der Waals surface area contributed by atoms with E-state index in [1.165, 1.54) is 10.8 Å². The van der Waals surface area contributed by atoms with Gasteiger partial charge < -0.3 is 0 Å². The molecule has 0 aliphatic carbocycles. The van der Waals surface area contributed by atoms with Gasteiger partial charge in [-0.05, 0) is 57.3 Å². The van der Waals surface area contributed by atoms with Crippen LogP contribution in [0, 0.1) is 23.7 Å². The van der Waals surface area contributed by atoms with Gasteiger partial charge in [0.25, 0.3) is 0 Å². The van der Waals surface area contributed by atoms with E-state index in [0.29, 0.717) is 0 Å². The minimum atomic E-state index is 0.951. The minimum Gasteiger partial charge on any atom is -0.0622 e. The van der Waals surface area contributed by atoms with Crippen LogP contribution in [0.15, 0.2) is 158 Å². The third-order valence-electron chi connectivity index (χ3n) is 7.55. The van der Waals surface area contributed by atoms with Gasteiger partial charge in [0.15, 0.2) is 0 Å². The van der Waals surface area contributed by atoms with Gasteiger partial charge in [-0.1, -0.05) is 157 Å². The third-order valence-corrected chi connectivity index (χ3v) is 7.55. The normalized spacial score (nSPS) is 10.5. The van der Waals surface area contributed by atoms with Crippen molar-refractivity contribution >= 4 is 21.5 Å². The highest BCUT2D eigenvalue weighted by Gasteiger charge is 2.19. The molecule has 0 saturated heterocycles. The van der Waals surface area contributed by atoms with Gasteiger partial charge in [0.1, 0.15) is 0 Å². The van der Waals surface area contributed by atoms with Crippen molar-refractivity contribution in [3.05, 3.63) is 180 Å². The highest BCUT2D eigenvalue weighted by Crippen LogP contribution is 2.41. The first-order valence-electron chi connectivity index (χ1n) is 14.1. The summed E-state index contributed by atoms with van der Waals surface area (Å²) in [7, 11) is 0. The highest BCUT2D eigenvalue weighted by molar-refractivity contribution is 6.20. The average molecular weight is 531 g/mol. The molecule has 7 rings (SSSR count). The molecule has 7 aromatic carbocycles. The van der Waals surface area contributed by atoms with E-state index in [2.05, 4.69) is 145 Å². The van der Waals surface area contributed by atoms with Gasteiger partial charge in [-0.2, -0.15) is 0 Å². The third kappa shape index (κ3) is 4.84. The molecule has 194 valence electrons. The summed E-state index contributed by atoms with van der Waals surface area (Å²) in [6.07, 6.45) is 0. The molecule has 0 aliphatic rings. The van der Waals surface area contributed by atoms with Crippen LogP contribution >= 0.6 is 0 Å². The van der Waals surface area contributed by atoms with E-state index in [-0.39, 0.29) is 0 Å². The van der Waals surface area contributed by atoms with E-state index < -0.39 is 0 Å². The van der Waals surface area contributed by atoms with Crippen molar-refractivity contribution in [2.24, 2.45) is 0 Å². The standard InChI is InChI=1S/C42H26/c1-5-15-31(16-6-1)27-29-39-40(30-28-32-17-7-2-8-18-32)42-36(34-21-11-4-12-22-34)24-14-26-38(42)37-25-13-23-35(41(37)39)33-19-9-3-10-20-33/h1-26H. The van der Waals surface area contributed by atoms with Crippen molar-refractivity contribution in [2.45, 2.75) is 0 Å². The van der Waals surface area contributed by atoms with Gasteiger partial charge in [-0.25, -0.2) is 0 Å². The van der Waals surface area contributed by atoms with Gasteiger partial charge in [0.2, 0.25) is 0 Å². The Hall–Kier alpha value is -5.82. The Bertz CT molecular complexity index is 1990. The van der Waals surface area contributed by atoms with Crippen molar-refractivity contribution in [3.63, 3.8) is 0 Å². The summed E-state index contributed by atoms with van der Waals surface area (Å²) >= 11 is 0. The van der Waals surface area contributed by atoms with E-state index in [4.69, 9.17) is 0 Å². The molecule has 0 radical (unpaired) electrons. The van der Waals surface area contributed by atoms with Crippen molar-refractivity contribution in [2.75, 3.05) is 0 Å². The van der Waals surface area contributed by atoms with Crippen molar-refractivity contribution in [1.82, 2.24) is 0 Å². The smallest absolute Gasteiger partial charge is 0.0497 e. The zero-order valence-electron chi connectivity index (χ0n) is 23.0. The molecule has 0 bridgehead atoms. The second kappa shape index (κ2) is 11.3. The first-order valence-corrected chi connectivity index (χ1v) is 14.1. The van der Waals surface area contributed by atoms with Crippen LogP contribution in [0.2, 0.25) is 0 Å². The molecular formula is C42H26. The van der Waals surface area contributed by atoms with Crippen molar-refractivity contribution < 1.29 is 0 Å². The molecule has 0 atom stereocenters. The van der Waals surface area contributed by atoms with Gasteiger partial charge in [-0.3, -0.25) is 0 Å². The van der Waals surface area contributed by atoms with Crippen molar-refractivity contribution in [3.8, 4) is 45.9 Å². The molecule has 0 N–H and O–H groups in total. The maximum absolute atomic E-state index is 3.64. The van der Waals surface area contributed by atoms with Gasteiger partial charge in [-0.15, -0.1) is 0 Å². The lowest BCUT2D eigenvalue weighted by Gasteiger charge is -2.17. The summed E-state index contributed by atoms with van der Waals surface area (Å²) in [5.74, 6) is 14.2. The maximum Gasteiger partial charge on any atom is 0.0497 e. The lowest BCUT2D eigenvalue weighted by molar-refractivity contribution is 1.61. The zero-order valence-corrected chi connectivity index (χ0v) is 23.0. The molecule has 0 aromatic heterocycles. The first kappa shape index (κ1) is 25.2. The Morgan fingerprint density at radius 1 is 0.286 bits per heavy atom. The minimum absolute atomic E-state index is 0.951. The second-order valence-corrected chi connectivity index (χ2v) is 10.2. The van der Waals surface area contributed by atoms with Gasteiger partial charge in [0, 0.05) is 33.0 Å². The Morgan fingerprint density at radius 2 is 0.643 bits per heavy atom. The summed E-state index contributed by atoms with van der Waals surface area (Å²) in [6, 6.07) is 54.7. The molecule has 0 saturated carbocycles. The Kier molecular flexibility index (Phi) is 6.80. The number of rotatable bonds is 2. The van der Waals surface area contributed by atoms with Gasteiger partial charge in [0.05, 0.1) is 0 Å². The maximum atomic E-state index is 3.64. The fraction of sp³-hybridized carbons (Fsp3) is 0. The Balaban J connectivity index is 1.68. The van der Waals surface area contributed by atoms with Crippen LogP contribution in [-0.2, 0) is 0 Å². The topological polar surface area (TPSA) is 0 Å². The molecule has 42 heavy (non-hydrogen) atoms. The lowest BCUT2D eigenvalue weighted by Crippen LogP contribution is -1.96. The van der Waals surface area contributed by atoms with E-state index in [1.807, 2.05) is 36.4 Å². The molecule has 7 aromatic rings. The van der Waals surface area contributed by atoms with E-state index in [0.717, 1.165) is 55.3 Å². The SMILES string of the molecule is C(#Cc1c(C#Cc2ccccc2)c2c(-c3ccccc3)cccc2c2cccc(-c3ccccc3)c12)c1ccccc1. The summed E-state index contributed by atoms with van der Waals surface area (Å²) in [5.41, 5.74) is 8.47. The van der Waals surface area contributed by atoms with Crippen LogP contribution in [0.1, 0.15) is 22.3 Å². The number of benzene rings is 7. The molecule has 0 heteroatoms. The molecule has 0 fully saturated rings. The summed E-state index contributed by atoms with van der Waals surface area (Å²) in [5, 5.41) is 4.60. The average Bonchev–Trinajstić information content (AvgIpc) is 3.07. The zero-order chi connectivity index (χ0) is 28.1. The van der Waals surface area contributed by atoms with Crippen LogP contribution < -0.4 is 0 Å². The number of hydrogen-bond donors (Lipinski definition) is 0. The summed E-state index contributed by atoms with van der Waals surface area (Å²) in [4.78, 5) is 0. The molecule has 0 aliphatic heterocycles. The van der Waals surface area contributed by atoms with Crippen LogP contribution in [0.3, 0.4) is 0 Å². The molecular weight excluding hydrogens is 504 g/mol. The first-order chi connectivity index (χ1) is 20.9. The van der Waals surface area contributed by atoms with Crippen LogP contribution in [0.4, 0.5) is 0 Å². The molecule has 0 spiro atoms. The summed E-state index contributed by atoms with van der Waals surface area (Å²) in [6.45, 7) is 0. The fourth-order valence-corrected chi connectivity index (χ4v) is 5.62. The molecule has 0 amide bonds. The van der Waals surface area contributed by atoms with Crippen LogP contribution in [0.25, 0.3) is 43.8 Å². The predicted octanol–water partition coefficient (Wildman–Crippen LogP) is 10.1. The highest BCUT2D eigenvalue weighted by atomic mass is 14.2. The summed E-state index contributed by atoms with van der Waals surface area (Å²) < 4.78 is 0. The van der Waals surface area contributed by atoms with Gasteiger partial charge >= 0.3 is 0 Å². The number of fused-ring (bicyclic) bond motifs is 3. The van der Waals surface area contributed by atoms with E-state index in [9.17, 15) is 0 Å². The Morgan fingerprint density at radius 3 is 1.02 bits per heavy atom. The van der Waals surface area contributed by atoms with Crippen LogP contribution in [0.5, 0.6) is 0 Å². The molecule has 0 nitrogen and oxygen atoms in total. The van der Waals surface area contributed by atoms with E-state index in [1.54, 1.807) is 0 Å². The monoisotopic (exact) mass is 530 g/mol. The Labute approximate surface area is 246 Å². The number of hydrogen-bond acceptors (Lipinski definition) is 0. The lowest BCUT2D eigenvalue weighted by atomic mass is 9.84. The second-order valence-electron chi connectivity index (χ2n) is 10.2. The molecule has 0 unspecified atom stereocenters. The van der Waals surface area contributed by atoms with Crippen molar-refractivity contribution in [1.29, 1.82) is 0 Å². The van der Waals surface area contributed by atoms with E-state index >= 15 is 0 Å².